The van der Waals surface area contributed by atoms with E-state index in [-0.39, 0.29) is 0 Å². The molecule has 2 aromatic heterocycles. The molecular weight excluding hydrogens is 292 g/mol. The van der Waals surface area contributed by atoms with Gasteiger partial charge < -0.3 is 10.3 Å². The highest BCUT2D eigenvalue weighted by Gasteiger charge is 2.14. The largest absolute Gasteiger partial charge is 0.341 e. The van der Waals surface area contributed by atoms with Crippen molar-refractivity contribution in [1.82, 2.24) is 20.3 Å². The summed E-state index contributed by atoms with van der Waals surface area (Å²) in [7, 11) is 0. The minimum atomic E-state index is 0.818. The smallest absolute Gasteiger partial charge is 0.177 e. The summed E-state index contributed by atoms with van der Waals surface area (Å²) in [5.41, 5.74) is 1.84. The Morgan fingerprint density at radius 1 is 1.33 bits per heavy atom. The van der Waals surface area contributed by atoms with Crippen LogP contribution in [-0.4, -0.2) is 28.0 Å². The number of hydrogen-bond acceptors (Lipinski definition) is 3. The van der Waals surface area contributed by atoms with Crippen molar-refractivity contribution in [1.29, 1.82) is 0 Å². The van der Waals surface area contributed by atoms with Gasteiger partial charge in [-0.25, -0.2) is 9.97 Å². The fourth-order valence-electron chi connectivity index (χ4n) is 2.55. The number of imidazole rings is 1. The lowest BCUT2D eigenvalue weighted by molar-refractivity contribution is 0.352. The number of hydrogen-bond donors (Lipinski definition) is 2. The van der Waals surface area contributed by atoms with Gasteiger partial charge in [0.25, 0.3) is 0 Å². The molecule has 0 spiro atoms. The first-order chi connectivity index (χ1) is 8.81. The Bertz CT molecular complexity index is 531. The van der Waals surface area contributed by atoms with Gasteiger partial charge in [0.05, 0.1) is 5.52 Å². The number of fused-ring (bicyclic) bond motifs is 1. The summed E-state index contributed by atoms with van der Waals surface area (Å²) in [5.74, 6) is 1.91. The second-order valence-electron chi connectivity index (χ2n) is 4.94. The van der Waals surface area contributed by atoms with Gasteiger partial charge in [-0.15, -0.1) is 0 Å². The quantitative estimate of drug-likeness (QED) is 0.916. The van der Waals surface area contributed by atoms with E-state index >= 15 is 0 Å². The van der Waals surface area contributed by atoms with Crippen molar-refractivity contribution in [3.8, 4) is 0 Å². The molecule has 0 atom stereocenters. The molecule has 2 N–H and O–H groups in total. The average molecular weight is 309 g/mol. The lowest BCUT2D eigenvalue weighted by Crippen LogP contribution is -2.27. The van der Waals surface area contributed by atoms with Crippen molar-refractivity contribution in [3.05, 3.63) is 22.6 Å². The van der Waals surface area contributed by atoms with Gasteiger partial charge in [0.2, 0.25) is 0 Å². The zero-order chi connectivity index (χ0) is 12.4. The fourth-order valence-corrected chi connectivity index (χ4v) is 2.89. The molecule has 0 aliphatic carbocycles. The Kier molecular flexibility index (Phi) is 3.61. The molecule has 96 valence electrons. The van der Waals surface area contributed by atoms with Crippen molar-refractivity contribution in [2.45, 2.75) is 25.7 Å². The first-order valence-electron chi connectivity index (χ1n) is 6.52. The summed E-state index contributed by atoms with van der Waals surface area (Å²) in [6.07, 6.45) is 6.63. The molecule has 5 heteroatoms. The van der Waals surface area contributed by atoms with E-state index in [1.807, 2.05) is 6.07 Å². The molecule has 1 aliphatic rings. The van der Waals surface area contributed by atoms with Crippen LogP contribution in [0.4, 0.5) is 0 Å². The van der Waals surface area contributed by atoms with Crippen LogP contribution in [0.15, 0.2) is 16.7 Å². The topological polar surface area (TPSA) is 53.6 Å². The van der Waals surface area contributed by atoms with Crippen molar-refractivity contribution in [3.63, 3.8) is 0 Å². The zero-order valence-electron chi connectivity index (χ0n) is 10.2. The Labute approximate surface area is 115 Å². The van der Waals surface area contributed by atoms with Gasteiger partial charge in [-0.3, -0.25) is 0 Å². The average Bonchev–Trinajstić information content (AvgIpc) is 2.79. The minimum absolute atomic E-state index is 0.818. The van der Waals surface area contributed by atoms with Crippen molar-refractivity contribution in [2.24, 2.45) is 5.92 Å². The number of nitrogens with zero attached hydrogens (tertiary/aromatic N) is 2. The minimum Gasteiger partial charge on any atom is -0.341 e. The van der Waals surface area contributed by atoms with Gasteiger partial charge in [0, 0.05) is 17.1 Å². The molecule has 1 fully saturated rings. The number of nitrogens with one attached hydrogen (secondary N) is 2. The van der Waals surface area contributed by atoms with E-state index in [0.717, 1.165) is 33.8 Å². The second-order valence-corrected chi connectivity index (χ2v) is 5.86. The number of halogens is 1. The molecule has 0 unspecified atom stereocenters. The van der Waals surface area contributed by atoms with Crippen LogP contribution in [0.2, 0.25) is 0 Å². The molecule has 0 aromatic carbocycles. The highest BCUT2D eigenvalue weighted by molar-refractivity contribution is 9.10. The molecular formula is C13H17BrN4. The molecule has 2 aromatic rings. The SMILES string of the molecule is Brc1cnc2nc(CCC3CCNCC3)[nH]c2c1. The molecule has 4 nitrogen and oxygen atoms in total. The lowest BCUT2D eigenvalue weighted by Gasteiger charge is -2.21. The van der Waals surface area contributed by atoms with E-state index in [1.54, 1.807) is 6.20 Å². The van der Waals surface area contributed by atoms with Crippen LogP contribution in [0, 0.1) is 5.92 Å². The summed E-state index contributed by atoms with van der Waals surface area (Å²) in [6, 6.07) is 2.03. The predicted octanol–water partition coefficient (Wildman–Crippen LogP) is 2.65. The third kappa shape index (κ3) is 2.72. The van der Waals surface area contributed by atoms with E-state index < -0.39 is 0 Å². The van der Waals surface area contributed by atoms with E-state index in [4.69, 9.17) is 0 Å². The number of piperidine rings is 1. The van der Waals surface area contributed by atoms with Gasteiger partial charge in [-0.1, -0.05) is 0 Å². The molecule has 1 saturated heterocycles. The summed E-state index contributed by atoms with van der Waals surface area (Å²) in [5, 5.41) is 3.40. The van der Waals surface area contributed by atoms with Crippen LogP contribution in [0.5, 0.6) is 0 Å². The number of aryl methyl sites for hydroxylation is 1. The maximum Gasteiger partial charge on any atom is 0.177 e. The number of H-pyrrole nitrogens is 1. The number of aromatic amines is 1. The van der Waals surface area contributed by atoms with Crippen LogP contribution in [0.3, 0.4) is 0 Å². The molecule has 1 aliphatic heterocycles. The van der Waals surface area contributed by atoms with Gasteiger partial charge >= 0.3 is 0 Å². The van der Waals surface area contributed by atoms with Crippen LogP contribution in [0.1, 0.15) is 25.1 Å². The van der Waals surface area contributed by atoms with Crippen LogP contribution < -0.4 is 5.32 Å². The Hall–Kier alpha value is -0.940. The molecule has 3 rings (SSSR count). The molecule has 0 radical (unpaired) electrons. The van der Waals surface area contributed by atoms with Crippen LogP contribution >= 0.6 is 15.9 Å². The molecule has 0 bridgehead atoms. The lowest BCUT2D eigenvalue weighted by atomic mass is 9.93. The normalized spacial score (nSPS) is 17.4. The number of pyridine rings is 1. The highest BCUT2D eigenvalue weighted by Crippen LogP contribution is 2.20. The Balaban J connectivity index is 1.67. The van der Waals surface area contributed by atoms with Gasteiger partial charge in [0.1, 0.15) is 5.82 Å². The zero-order valence-corrected chi connectivity index (χ0v) is 11.8. The van der Waals surface area contributed by atoms with Crippen molar-refractivity contribution >= 4 is 27.1 Å². The Morgan fingerprint density at radius 3 is 3.00 bits per heavy atom. The summed E-state index contributed by atoms with van der Waals surface area (Å²) in [4.78, 5) is 12.2. The standard InChI is InChI=1S/C13H17BrN4/c14-10-7-11-13(16-8-10)18-12(17-11)2-1-9-3-5-15-6-4-9/h7-9,15H,1-6H2,(H,16,17,18). The van der Waals surface area contributed by atoms with E-state index in [1.165, 1.54) is 32.4 Å². The van der Waals surface area contributed by atoms with Crippen LogP contribution in [0.25, 0.3) is 11.2 Å². The first kappa shape index (κ1) is 12.1. The highest BCUT2D eigenvalue weighted by atomic mass is 79.9. The van der Waals surface area contributed by atoms with Crippen LogP contribution in [-0.2, 0) is 6.42 Å². The molecule has 0 saturated carbocycles. The van der Waals surface area contributed by atoms with Gasteiger partial charge in [-0.05, 0) is 60.3 Å². The molecule has 3 heterocycles. The third-order valence-corrected chi connectivity index (χ3v) is 4.03. The van der Waals surface area contributed by atoms with Gasteiger partial charge in [0.15, 0.2) is 5.65 Å². The summed E-state index contributed by atoms with van der Waals surface area (Å²) in [6.45, 7) is 2.33. The number of rotatable bonds is 3. The number of aromatic nitrogens is 3. The summed E-state index contributed by atoms with van der Waals surface area (Å²) >= 11 is 3.43. The maximum absolute atomic E-state index is 4.54. The van der Waals surface area contributed by atoms with E-state index in [9.17, 15) is 0 Å². The third-order valence-electron chi connectivity index (χ3n) is 3.60. The van der Waals surface area contributed by atoms with E-state index in [2.05, 4.69) is 36.2 Å². The first-order valence-corrected chi connectivity index (χ1v) is 7.31. The fraction of sp³-hybridized carbons (Fsp3) is 0.538. The maximum atomic E-state index is 4.54. The van der Waals surface area contributed by atoms with Crippen molar-refractivity contribution < 1.29 is 0 Å². The van der Waals surface area contributed by atoms with E-state index in [0.29, 0.717) is 0 Å². The van der Waals surface area contributed by atoms with Gasteiger partial charge in [-0.2, -0.15) is 0 Å². The molecule has 0 amide bonds. The second kappa shape index (κ2) is 5.36. The monoisotopic (exact) mass is 308 g/mol. The Morgan fingerprint density at radius 2 is 2.17 bits per heavy atom. The van der Waals surface area contributed by atoms with Crippen molar-refractivity contribution in [2.75, 3.05) is 13.1 Å². The summed E-state index contributed by atoms with van der Waals surface area (Å²) < 4.78 is 0.989. The predicted molar refractivity (Wildman–Crippen MR) is 75.5 cm³/mol. The molecule has 18 heavy (non-hydrogen) atoms.